The van der Waals surface area contributed by atoms with E-state index in [1.807, 2.05) is 20.8 Å². The molecule has 0 unspecified atom stereocenters. The van der Waals surface area contributed by atoms with E-state index < -0.39 is 28.0 Å². The number of anilines is 2. The molecule has 0 heterocycles. The van der Waals surface area contributed by atoms with Crippen molar-refractivity contribution in [2.75, 3.05) is 22.4 Å². The van der Waals surface area contributed by atoms with E-state index in [2.05, 4.69) is 10.6 Å². The van der Waals surface area contributed by atoms with Crippen LogP contribution in [0.25, 0.3) is 0 Å². The van der Waals surface area contributed by atoms with Gasteiger partial charge in [0, 0.05) is 10.6 Å². The van der Waals surface area contributed by atoms with Gasteiger partial charge in [0.1, 0.15) is 6.54 Å². The zero-order valence-electron chi connectivity index (χ0n) is 17.6. The fraction of sp³-hybridized carbons (Fsp3) is 0.333. The van der Waals surface area contributed by atoms with E-state index in [-0.39, 0.29) is 11.5 Å². The van der Waals surface area contributed by atoms with Crippen LogP contribution in [0.3, 0.4) is 0 Å². The Morgan fingerprint density at radius 3 is 2.30 bits per heavy atom. The minimum absolute atomic E-state index is 0.286. The van der Waals surface area contributed by atoms with Crippen LogP contribution in [-0.2, 0) is 14.8 Å². The van der Waals surface area contributed by atoms with Crippen LogP contribution in [-0.4, -0.2) is 38.6 Å². The molecule has 0 saturated carbocycles. The van der Waals surface area contributed by atoms with Gasteiger partial charge in [0.15, 0.2) is 0 Å². The first-order valence-corrected chi connectivity index (χ1v) is 11.5. The van der Waals surface area contributed by atoms with E-state index >= 15 is 0 Å². The molecule has 2 aromatic carbocycles. The molecule has 0 aliphatic rings. The first-order chi connectivity index (χ1) is 13.8. The van der Waals surface area contributed by atoms with Gasteiger partial charge in [0.05, 0.1) is 23.2 Å². The molecule has 0 bridgehead atoms. The largest absolute Gasteiger partial charge is 0.347 e. The van der Waals surface area contributed by atoms with Gasteiger partial charge >= 0.3 is 0 Å². The molecule has 2 rings (SSSR count). The highest BCUT2D eigenvalue weighted by molar-refractivity contribution is 7.92. The minimum atomic E-state index is -3.74. The number of benzene rings is 2. The zero-order valence-corrected chi connectivity index (χ0v) is 19.2. The van der Waals surface area contributed by atoms with Crippen molar-refractivity contribution in [3.05, 3.63) is 58.6 Å². The first kappa shape index (κ1) is 23.7. The summed E-state index contributed by atoms with van der Waals surface area (Å²) in [6.07, 6.45) is 1.03. The fourth-order valence-corrected chi connectivity index (χ4v) is 3.94. The topological polar surface area (TPSA) is 95.6 Å². The number of amides is 2. The van der Waals surface area contributed by atoms with Gasteiger partial charge < -0.3 is 10.6 Å². The molecule has 0 aliphatic carbocycles. The quantitative estimate of drug-likeness (QED) is 0.701. The Balaban J connectivity index is 2.28. The van der Waals surface area contributed by atoms with Crippen molar-refractivity contribution >= 4 is 44.8 Å². The molecule has 0 aliphatic heterocycles. The summed E-state index contributed by atoms with van der Waals surface area (Å²) in [5, 5.41) is 5.96. The Kier molecular flexibility index (Phi) is 7.15. The summed E-state index contributed by atoms with van der Waals surface area (Å²) in [4.78, 5) is 25.3. The predicted molar refractivity (Wildman–Crippen MR) is 121 cm³/mol. The highest BCUT2D eigenvalue weighted by Gasteiger charge is 2.24. The Hall–Kier alpha value is -2.58. The summed E-state index contributed by atoms with van der Waals surface area (Å²) in [6, 6.07) is 11.3. The molecule has 2 N–H and O–H groups in total. The average molecular weight is 452 g/mol. The molecule has 9 heteroatoms. The lowest BCUT2D eigenvalue weighted by molar-refractivity contribution is -0.114. The Morgan fingerprint density at radius 2 is 1.73 bits per heavy atom. The summed E-state index contributed by atoms with van der Waals surface area (Å²) < 4.78 is 25.7. The second-order valence-corrected chi connectivity index (χ2v) is 10.3. The summed E-state index contributed by atoms with van der Waals surface area (Å²) in [7, 11) is -3.74. The maximum atomic E-state index is 12.7. The van der Waals surface area contributed by atoms with Gasteiger partial charge in [-0.2, -0.15) is 0 Å². The van der Waals surface area contributed by atoms with Gasteiger partial charge in [0.2, 0.25) is 15.9 Å². The number of aryl methyl sites for hydroxylation is 1. The Morgan fingerprint density at radius 1 is 1.10 bits per heavy atom. The zero-order chi connectivity index (χ0) is 22.7. The smallest absolute Gasteiger partial charge is 0.253 e. The summed E-state index contributed by atoms with van der Waals surface area (Å²) >= 11 is 5.96. The van der Waals surface area contributed by atoms with Gasteiger partial charge in [-0.3, -0.25) is 13.9 Å². The third kappa shape index (κ3) is 6.47. The number of hydrogen-bond donors (Lipinski definition) is 2. The molecule has 0 fully saturated rings. The Labute approximate surface area is 182 Å². The second-order valence-electron chi connectivity index (χ2n) is 8.00. The van der Waals surface area contributed by atoms with Crippen molar-refractivity contribution in [1.82, 2.24) is 5.32 Å². The molecule has 7 nitrogen and oxygen atoms in total. The highest BCUT2D eigenvalue weighted by Crippen LogP contribution is 2.26. The van der Waals surface area contributed by atoms with Gasteiger partial charge in [-0.15, -0.1) is 0 Å². The van der Waals surface area contributed by atoms with Crippen molar-refractivity contribution < 1.29 is 18.0 Å². The van der Waals surface area contributed by atoms with E-state index in [1.54, 1.807) is 49.4 Å². The number of rotatable bonds is 6. The third-order valence-corrected chi connectivity index (χ3v) is 5.41. The van der Waals surface area contributed by atoms with E-state index in [4.69, 9.17) is 11.6 Å². The molecule has 30 heavy (non-hydrogen) atoms. The van der Waals surface area contributed by atoms with Crippen molar-refractivity contribution in [2.45, 2.75) is 33.2 Å². The highest BCUT2D eigenvalue weighted by atomic mass is 35.5. The van der Waals surface area contributed by atoms with Gasteiger partial charge in [0.25, 0.3) is 5.91 Å². The summed E-state index contributed by atoms with van der Waals surface area (Å²) in [6.45, 7) is 6.82. The number of sulfonamides is 1. The minimum Gasteiger partial charge on any atom is -0.347 e. The van der Waals surface area contributed by atoms with Gasteiger partial charge in [-0.05, 0) is 63.6 Å². The van der Waals surface area contributed by atoms with Crippen LogP contribution in [0.5, 0.6) is 0 Å². The van der Waals surface area contributed by atoms with Crippen molar-refractivity contribution in [1.29, 1.82) is 0 Å². The van der Waals surface area contributed by atoms with Crippen LogP contribution >= 0.6 is 11.6 Å². The van der Waals surface area contributed by atoms with Crippen LogP contribution in [0.4, 0.5) is 11.4 Å². The van der Waals surface area contributed by atoms with E-state index in [9.17, 15) is 18.0 Å². The molecule has 0 saturated heterocycles. The molecule has 162 valence electrons. The number of para-hydroxylation sites is 1. The Bertz CT molecular complexity index is 1060. The van der Waals surface area contributed by atoms with Crippen LogP contribution in [0, 0.1) is 6.92 Å². The first-order valence-electron chi connectivity index (χ1n) is 9.23. The van der Waals surface area contributed by atoms with Crippen molar-refractivity contribution in [2.24, 2.45) is 0 Å². The molecule has 0 aromatic heterocycles. The number of nitrogens with zero attached hydrogens (tertiary/aromatic N) is 1. The maximum absolute atomic E-state index is 12.7. The summed E-state index contributed by atoms with van der Waals surface area (Å²) in [5.74, 6) is -0.919. The monoisotopic (exact) mass is 451 g/mol. The lowest BCUT2D eigenvalue weighted by Crippen LogP contribution is -2.41. The average Bonchev–Trinajstić information content (AvgIpc) is 2.58. The van der Waals surface area contributed by atoms with Crippen LogP contribution < -0.4 is 14.9 Å². The number of carbonyl (C=O) groups excluding carboxylic acids is 2. The number of hydrogen-bond acceptors (Lipinski definition) is 4. The van der Waals surface area contributed by atoms with Crippen molar-refractivity contribution in [3.8, 4) is 0 Å². The number of nitrogens with one attached hydrogen (secondary N) is 2. The third-order valence-electron chi connectivity index (χ3n) is 4.05. The molecule has 0 spiro atoms. The van der Waals surface area contributed by atoms with Gasteiger partial charge in [-0.25, -0.2) is 8.42 Å². The molecule has 2 amide bonds. The van der Waals surface area contributed by atoms with E-state index in [1.165, 1.54) is 0 Å². The molecular weight excluding hydrogens is 426 g/mol. The van der Waals surface area contributed by atoms with Crippen LogP contribution in [0.15, 0.2) is 42.5 Å². The molecule has 0 atom stereocenters. The summed E-state index contributed by atoms with van der Waals surface area (Å²) in [5.41, 5.74) is 1.11. The maximum Gasteiger partial charge on any atom is 0.253 e. The SMILES string of the molecule is Cc1cc(Cl)ccc1N(CC(=O)Nc1ccccc1C(=O)NC(C)(C)C)S(C)(=O)=O. The molecule has 2 aromatic rings. The standard InChI is InChI=1S/C21H26ClN3O4S/c1-14-12-15(22)10-11-18(14)25(30(5,28)29)13-19(26)23-17-9-7-6-8-16(17)20(27)24-21(2,3)4/h6-12H,13H2,1-5H3,(H,23,26)(H,24,27). The van der Waals surface area contributed by atoms with Crippen LogP contribution in [0.2, 0.25) is 5.02 Å². The molecule has 0 radical (unpaired) electrons. The fourth-order valence-electron chi connectivity index (χ4n) is 2.80. The van der Waals surface area contributed by atoms with Crippen LogP contribution in [0.1, 0.15) is 36.7 Å². The second kappa shape index (κ2) is 9.06. The lowest BCUT2D eigenvalue weighted by atomic mass is 10.1. The number of carbonyl (C=O) groups is 2. The lowest BCUT2D eigenvalue weighted by Gasteiger charge is -2.24. The van der Waals surface area contributed by atoms with Gasteiger partial charge in [-0.1, -0.05) is 23.7 Å². The predicted octanol–water partition coefficient (Wildman–Crippen LogP) is 3.58. The van der Waals surface area contributed by atoms with E-state index in [0.717, 1.165) is 10.6 Å². The normalized spacial score (nSPS) is 11.7. The van der Waals surface area contributed by atoms with Crippen molar-refractivity contribution in [3.63, 3.8) is 0 Å². The number of halogens is 1. The molecular formula is C21H26ClN3O4S. The van der Waals surface area contributed by atoms with E-state index in [0.29, 0.717) is 22.0 Å².